The van der Waals surface area contributed by atoms with Crippen LogP contribution in [0.15, 0.2) is 0 Å². The van der Waals surface area contributed by atoms with E-state index in [0.717, 1.165) is 25.7 Å². The Hall–Kier alpha value is -1.57. The van der Waals surface area contributed by atoms with Gasteiger partial charge >= 0.3 is 5.97 Å². The highest BCUT2D eigenvalue weighted by Crippen LogP contribution is 2.34. The Bertz CT molecular complexity index is 342. The van der Waals surface area contributed by atoms with Gasteiger partial charge in [0.15, 0.2) is 0 Å². The van der Waals surface area contributed by atoms with E-state index in [2.05, 4.69) is 5.32 Å². The topological polar surface area (TPSA) is 79.2 Å². The molecule has 1 aliphatic rings. The minimum atomic E-state index is -1.50. The molecule has 0 heterocycles. The summed E-state index contributed by atoms with van der Waals surface area (Å²) in [7, 11) is 0. The Morgan fingerprint density at radius 3 is 2.47 bits per heavy atom. The summed E-state index contributed by atoms with van der Waals surface area (Å²) in [4.78, 5) is 23.2. The van der Waals surface area contributed by atoms with Gasteiger partial charge in [-0.05, 0) is 19.8 Å². The molecule has 0 spiro atoms. The third kappa shape index (κ3) is 2.76. The van der Waals surface area contributed by atoms with Crippen molar-refractivity contribution in [2.24, 2.45) is 5.92 Å². The molecule has 1 fully saturated rings. The maximum Gasteiger partial charge on any atom is 0.347 e. The average Bonchev–Trinajstić information content (AvgIpc) is 2.79. The molecule has 5 nitrogen and oxygen atoms in total. The highest BCUT2D eigenvalue weighted by Gasteiger charge is 2.49. The molecule has 0 aliphatic heterocycles. The highest BCUT2D eigenvalue weighted by molar-refractivity contribution is 5.90. The number of carbonyl (C=O) groups excluding carboxylic acids is 2. The Morgan fingerprint density at radius 1 is 1.47 bits per heavy atom. The van der Waals surface area contributed by atoms with Crippen LogP contribution in [0.5, 0.6) is 0 Å². The number of nitrogens with zero attached hydrogens (tertiary/aromatic N) is 1. The average molecular weight is 238 g/mol. The van der Waals surface area contributed by atoms with E-state index in [0.29, 0.717) is 0 Å². The van der Waals surface area contributed by atoms with Crippen molar-refractivity contribution in [3.8, 4) is 6.07 Å². The van der Waals surface area contributed by atoms with Crippen LogP contribution in [0.2, 0.25) is 0 Å². The second-order valence-corrected chi connectivity index (χ2v) is 4.30. The zero-order valence-electron chi connectivity index (χ0n) is 10.3. The number of hydrogen-bond acceptors (Lipinski definition) is 4. The van der Waals surface area contributed by atoms with Crippen molar-refractivity contribution >= 4 is 11.9 Å². The predicted molar refractivity (Wildman–Crippen MR) is 60.8 cm³/mol. The molecule has 5 heteroatoms. The van der Waals surface area contributed by atoms with Crippen molar-refractivity contribution in [3.63, 3.8) is 0 Å². The second-order valence-electron chi connectivity index (χ2n) is 4.30. The lowest BCUT2D eigenvalue weighted by atomic mass is 9.83. The molecule has 1 N–H and O–H groups in total. The van der Waals surface area contributed by atoms with Crippen LogP contribution in [0.1, 0.15) is 39.5 Å². The molecule has 94 valence electrons. The maximum atomic E-state index is 12.0. The molecule has 17 heavy (non-hydrogen) atoms. The molecule has 0 bridgehead atoms. The first-order chi connectivity index (χ1) is 8.06. The van der Waals surface area contributed by atoms with E-state index in [9.17, 15) is 14.9 Å². The summed E-state index contributed by atoms with van der Waals surface area (Å²) in [6.45, 7) is 3.19. The number of ether oxygens (including phenoxy) is 1. The number of carbonyl (C=O) groups is 2. The van der Waals surface area contributed by atoms with Crippen LogP contribution in [0.25, 0.3) is 0 Å². The molecule has 0 aromatic rings. The zero-order valence-corrected chi connectivity index (χ0v) is 10.3. The summed E-state index contributed by atoms with van der Waals surface area (Å²) in [5.74, 6) is -1.16. The van der Waals surface area contributed by atoms with Gasteiger partial charge in [0, 0.05) is 12.8 Å². The smallest absolute Gasteiger partial charge is 0.347 e. The Balaban J connectivity index is 2.99. The molecule has 1 saturated carbocycles. The van der Waals surface area contributed by atoms with Gasteiger partial charge in [0.25, 0.3) is 0 Å². The maximum absolute atomic E-state index is 12.0. The quantitative estimate of drug-likeness (QED) is 0.745. The number of amides is 1. The largest absolute Gasteiger partial charge is 0.463 e. The fourth-order valence-corrected chi connectivity index (χ4v) is 2.37. The van der Waals surface area contributed by atoms with E-state index in [1.165, 1.54) is 6.92 Å². The SMILES string of the molecule is CCOC(=O)C(C#N)(NC(C)=O)C1CCCC1. The van der Waals surface area contributed by atoms with Crippen LogP contribution in [0, 0.1) is 17.2 Å². The molecular formula is C12H18N2O3. The third-order valence-electron chi connectivity index (χ3n) is 3.11. The van der Waals surface area contributed by atoms with E-state index >= 15 is 0 Å². The number of nitrogens with one attached hydrogen (secondary N) is 1. The van der Waals surface area contributed by atoms with Gasteiger partial charge in [0.05, 0.1) is 6.61 Å². The lowest BCUT2D eigenvalue weighted by Crippen LogP contribution is -2.58. The molecule has 1 rings (SSSR count). The fourth-order valence-electron chi connectivity index (χ4n) is 2.37. The minimum absolute atomic E-state index is 0.143. The summed E-state index contributed by atoms with van der Waals surface area (Å²) in [6, 6.07) is 1.97. The predicted octanol–water partition coefficient (Wildman–Crippen LogP) is 1.14. The first-order valence-corrected chi connectivity index (χ1v) is 5.94. The van der Waals surface area contributed by atoms with Gasteiger partial charge in [-0.1, -0.05) is 12.8 Å². The second kappa shape index (κ2) is 5.67. The molecule has 0 saturated heterocycles. The lowest BCUT2D eigenvalue weighted by molar-refractivity contribution is -0.152. The van der Waals surface area contributed by atoms with Crippen molar-refractivity contribution in [2.45, 2.75) is 45.1 Å². The molecule has 1 amide bonds. The van der Waals surface area contributed by atoms with Crippen LogP contribution in [-0.2, 0) is 14.3 Å². The van der Waals surface area contributed by atoms with Crippen LogP contribution in [-0.4, -0.2) is 24.0 Å². The Labute approximate surface area is 101 Å². The summed E-state index contributed by atoms with van der Waals surface area (Å²) < 4.78 is 4.94. The van der Waals surface area contributed by atoms with Crippen LogP contribution >= 0.6 is 0 Å². The first-order valence-electron chi connectivity index (χ1n) is 5.94. The van der Waals surface area contributed by atoms with Crippen LogP contribution in [0.3, 0.4) is 0 Å². The van der Waals surface area contributed by atoms with Gasteiger partial charge in [-0.3, -0.25) is 4.79 Å². The Morgan fingerprint density at radius 2 is 2.06 bits per heavy atom. The molecule has 0 radical (unpaired) electrons. The summed E-state index contributed by atoms with van der Waals surface area (Å²) in [6.07, 6.45) is 3.50. The fraction of sp³-hybridized carbons (Fsp3) is 0.750. The zero-order chi connectivity index (χ0) is 12.9. The van der Waals surface area contributed by atoms with Crippen molar-refractivity contribution < 1.29 is 14.3 Å². The van der Waals surface area contributed by atoms with E-state index in [1.807, 2.05) is 6.07 Å². The van der Waals surface area contributed by atoms with Gasteiger partial charge in [0.1, 0.15) is 6.07 Å². The summed E-state index contributed by atoms with van der Waals surface area (Å²) in [5, 5.41) is 11.8. The van der Waals surface area contributed by atoms with E-state index in [4.69, 9.17) is 4.74 Å². The number of rotatable bonds is 4. The number of nitriles is 1. The molecule has 1 aliphatic carbocycles. The van der Waals surface area contributed by atoms with E-state index in [-0.39, 0.29) is 18.4 Å². The van der Waals surface area contributed by atoms with Crippen LogP contribution < -0.4 is 5.32 Å². The van der Waals surface area contributed by atoms with Gasteiger partial charge in [-0.2, -0.15) is 5.26 Å². The minimum Gasteiger partial charge on any atom is -0.463 e. The van der Waals surface area contributed by atoms with Crippen molar-refractivity contribution in [1.82, 2.24) is 5.32 Å². The standard InChI is InChI=1S/C12H18N2O3/c1-3-17-11(16)12(8-13,14-9(2)15)10-6-4-5-7-10/h10H,3-7H2,1-2H3,(H,14,15). The normalized spacial score (nSPS) is 19.1. The van der Waals surface area contributed by atoms with Gasteiger partial charge < -0.3 is 10.1 Å². The highest BCUT2D eigenvalue weighted by atomic mass is 16.5. The van der Waals surface area contributed by atoms with Crippen molar-refractivity contribution in [2.75, 3.05) is 6.61 Å². The van der Waals surface area contributed by atoms with Crippen LogP contribution in [0.4, 0.5) is 0 Å². The lowest BCUT2D eigenvalue weighted by Gasteiger charge is -2.30. The Kier molecular flexibility index (Phi) is 4.50. The monoisotopic (exact) mass is 238 g/mol. The molecular weight excluding hydrogens is 220 g/mol. The van der Waals surface area contributed by atoms with E-state index in [1.54, 1.807) is 6.92 Å². The van der Waals surface area contributed by atoms with E-state index < -0.39 is 11.5 Å². The van der Waals surface area contributed by atoms with Gasteiger partial charge in [-0.25, -0.2) is 4.79 Å². The molecule has 1 unspecified atom stereocenters. The number of hydrogen-bond donors (Lipinski definition) is 1. The molecule has 0 aromatic carbocycles. The molecule has 1 atom stereocenters. The molecule has 0 aromatic heterocycles. The van der Waals surface area contributed by atoms with Gasteiger partial charge in [0.2, 0.25) is 11.4 Å². The van der Waals surface area contributed by atoms with Gasteiger partial charge in [-0.15, -0.1) is 0 Å². The summed E-state index contributed by atoms with van der Waals surface area (Å²) >= 11 is 0. The first kappa shape index (κ1) is 13.5. The van der Waals surface area contributed by atoms with Crippen molar-refractivity contribution in [3.05, 3.63) is 0 Å². The van der Waals surface area contributed by atoms with Crippen molar-refractivity contribution in [1.29, 1.82) is 5.26 Å². The third-order valence-corrected chi connectivity index (χ3v) is 3.11. The number of esters is 1. The summed E-state index contributed by atoms with van der Waals surface area (Å²) in [5.41, 5.74) is -1.50.